The van der Waals surface area contributed by atoms with Crippen molar-refractivity contribution in [2.75, 3.05) is 6.54 Å². The van der Waals surface area contributed by atoms with Gasteiger partial charge in [-0.05, 0) is 5.56 Å². The topological polar surface area (TPSA) is 52.2 Å². The molecule has 1 amide bonds. The Hall–Kier alpha value is -1.77. The van der Waals surface area contributed by atoms with Crippen molar-refractivity contribution >= 4 is 12.2 Å². The fourth-order valence-corrected chi connectivity index (χ4v) is 0.901. The van der Waals surface area contributed by atoms with Crippen LogP contribution in [0.4, 0.5) is 4.79 Å². The lowest BCUT2D eigenvalue weighted by Crippen LogP contribution is -2.36. The van der Waals surface area contributed by atoms with Crippen molar-refractivity contribution in [1.29, 1.82) is 0 Å². The Morgan fingerprint density at radius 3 is 2.69 bits per heavy atom. The van der Waals surface area contributed by atoms with Gasteiger partial charge in [0, 0.05) is 6.54 Å². The highest BCUT2D eigenvalue weighted by atomic mass is 16.4. The molecule has 0 heterocycles. The second-order valence-corrected chi connectivity index (χ2v) is 2.48. The van der Waals surface area contributed by atoms with E-state index in [1.165, 1.54) is 0 Å². The third-order valence-electron chi connectivity index (χ3n) is 1.47. The third kappa shape index (κ3) is 3.96. The SMILES string of the molecule is O=C([O-])NC/C=C/c1ccccc1. The Morgan fingerprint density at radius 2 is 2.08 bits per heavy atom. The summed E-state index contributed by atoms with van der Waals surface area (Å²) < 4.78 is 0. The number of amides is 1. The van der Waals surface area contributed by atoms with Crippen LogP contribution in [0.5, 0.6) is 0 Å². The molecule has 13 heavy (non-hydrogen) atoms. The maximum absolute atomic E-state index is 9.95. The molecule has 1 aromatic carbocycles. The standard InChI is InChI=1S/C10H11NO2/c12-10(13)11-8-4-7-9-5-2-1-3-6-9/h1-7,11H,8H2,(H,12,13)/p-1/b7-4+. The molecule has 68 valence electrons. The summed E-state index contributed by atoms with van der Waals surface area (Å²) >= 11 is 0. The molecular weight excluding hydrogens is 166 g/mol. The first-order valence-electron chi connectivity index (χ1n) is 3.95. The van der Waals surface area contributed by atoms with Crippen molar-refractivity contribution in [1.82, 2.24) is 5.32 Å². The Labute approximate surface area is 76.7 Å². The number of hydrogen-bond acceptors (Lipinski definition) is 2. The number of carbonyl (C=O) groups is 1. The van der Waals surface area contributed by atoms with Crippen LogP contribution in [0.1, 0.15) is 5.56 Å². The summed E-state index contributed by atoms with van der Waals surface area (Å²) in [6.07, 6.45) is 2.32. The number of nitrogens with one attached hydrogen (secondary N) is 1. The molecule has 0 spiro atoms. The molecule has 0 atom stereocenters. The van der Waals surface area contributed by atoms with E-state index < -0.39 is 6.09 Å². The monoisotopic (exact) mass is 176 g/mol. The zero-order valence-electron chi connectivity index (χ0n) is 7.07. The van der Waals surface area contributed by atoms with Crippen LogP contribution in [0.15, 0.2) is 36.4 Å². The number of hydrogen-bond donors (Lipinski definition) is 1. The van der Waals surface area contributed by atoms with Crippen LogP contribution in [0.3, 0.4) is 0 Å². The predicted molar refractivity (Wildman–Crippen MR) is 48.9 cm³/mol. The zero-order valence-corrected chi connectivity index (χ0v) is 7.07. The van der Waals surface area contributed by atoms with E-state index in [-0.39, 0.29) is 6.54 Å². The molecule has 0 fully saturated rings. The average Bonchev–Trinajstić information content (AvgIpc) is 2.14. The minimum absolute atomic E-state index is 0.275. The molecule has 0 aromatic heterocycles. The van der Waals surface area contributed by atoms with Gasteiger partial charge in [0.1, 0.15) is 6.09 Å². The van der Waals surface area contributed by atoms with E-state index in [1.807, 2.05) is 36.4 Å². The quantitative estimate of drug-likeness (QED) is 0.734. The molecule has 0 bridgehead atoms. The van der Waals surface area contributed by atoms with E-state index in [0.717, 1.165) is 5.56 Å². The lowest BCUT2D eigenvalue weighted by Gasteiger charge is -2.00. The van der Waals surface area contributed by atoms with E-state index in [1.54, 1.807) is 6.08 Å². The number of benzene rings is 1. The number of carbonyl (C=O) groups excluding carboxylic acids is 1. The maximum atomic E-state index is 9.95. The summed E-state index contributed by atoms with van der Waals surface area (Å²) in [7, 11) is 0. The lowest BCUT2D eigenvalue weighted by atomic mass is 10.2. The molecule has 0 saturated carbocycles. The van der Waals surface area contributed by atoms with Crippen molar-refractivity contribution < 1.29 is 9.90 Å². The van der Waals surface area contributed by atoms with Gasteiger partial charge in [0.25, 0.3) is 0 Å². The van der Waals surface area contributed by atoms with E-state index in [4.69, 9.17) is 0 Å². The Morgan fingerprint density at radius 1 is 1.38 bits per heavy atom. The van der Waals surface area contributed by atoms with Crippen LogP contribution in [-0.4, -0.2) is 12.6 Å². The third-order valence-corrected chi connectivity index (χ3v) is 1.47. The molecule has 0 saturated heterocycles. The van der Waals surface area contributed by atoms with Crippen molar-refractivity contribution in [3.63, 3.8) is 0 Å². The predicted octanol–water partition coefficient (Wildman–Crippen LogP) is 0.633. The largest absolute Gasteiger partial charge is 0.530 e. The van der Waals surface area contributed by atoms with E-state index >= 15 is 0 Å². The summed E-state index contributed by atoms with van der Waals surface area (Å²) in [5.74, 6) is 0. The lowest BCUT2D eigenvalue weighted by molar-refractivity contribution is -0.250. The van der Waals surface area contributed by atoms with Gasteiger partial charge in [0.15, 0.2) is 0 Å². The van der Waals surface area contributed by atoms with Gasteiger partial charge in [0.2, 0.25) is 0 Å². The first kappa shape index (κ1) is 9.32. The molecule has 3 nitrogen and oxygen atoms in total. The number of rotatable bonds is 3. The van der Waals surface area contributed by atoms with E-state index in [0.29, 0.717) is 0 Å². The van der Waals surface area contributed by atoms with Crippen molar-refractivity contribution in [2.45, 2.75) is 0 Å². The minimum atomic E-state index is -1.25. The van der Waals surface area contributed by atoms with Crippen LogP contribution in [0.2, 0.25) is 0 Å². The van der Waals surface area contributed by atoms with Crippen LogP contribution < -0.4 is 10.4 Å². The van der Waals surface area contributed by atoms with Gasteiger partial charge < -0.3 is 15.2 Å². The van der Waals surface area contributed by atoms with Crippen molar-refractivity contribution in [3.05, 3.63) is 42.0 Å². The molecule has 0 aliphatic heterocycles. The summed E-state index contributed by atoms with van der Waals surface area (Å²) in [4.78, 5) is 9.95. The second-order valence-electron chi connectivity index (χ2n) is 2.48. The molecule has 1 N–H and O–H groups in total. The van der Waals surface area contributed by atoms with Crippen LogP contribution in [0, 0.1) is 0 Å². The molecule has 0 aliphatic carbocycles. The van der Waals surface area contributed by atoms with Crippen LogP contribution >= 0.6 is 0 Å². The Bertz CT molecular complexity index is 293. The fraction of sp³-hybridized carbons (Fsp3) is 0.100. The molecule has 3 heteroatoms. The van der Waals surface area contributed by atoms with Gasteiger partial charge in [-0.15, -0.1) is 0 Å². The summed E-state index contributed by atoms with van der Waals surface area (Å²) in [5.41, 5.74) is 1.04. The average molecular weight is 176 g/mol. The zero-order chi connectivity index (χ0) is 9.52. The van der Waals surface area contributed by atoms with Gasteiger partial charge in [-0.2, -0.15) is 0 Å². The number of carboxylic acid groups (broad SMARTS) is 1. The summed E-state index contributed by atoms with van der Waals surface area (Å²) in [6, 6.07) is 9.65. The minimum Gasteiger partial charge on any atom is -0.530 e. The molecular formula is C10H10NO2-. The molecule has 0 unspecified atom stereocenters. The highest BCUT2D eigenvalue weighted by Crippen LogP contribution is 1.99. The van der Waals surface area contributed by atoms with Gasteiger partial charge in [-0.3, -0.25) is 0 Å². The first-order valence-corrected chi connectivity index (χ1v) is 3.95. The molecule has 0 aliphatic rings. The second kappa shape index (κ2) is 4.98. The summed E-state index contributed by atoms with van der Waals surface area (Å²) in [5, 5.41) is 12.1. The van der Waals surface area contributed by atoms with Gasteiger partial charge in [-0.1, -0.05) is 42.5 Å². The van der Waals surface area contributed by atoms with E-state index in [2.05, 4.69) is 5.32 Å². The highest BCUT2D eigenvalue weighted by Gasteiger charge is 1.82. The highest BCUT2D eigenvalue weighted by molar-refractivity contribution is 5.62. The van der Waals surface area contributed by atoms with Crippen molar-refractivity contribution in [2.24, 2.45) is 0 Å². The van der Waals surface area contributed by atoms with E-state index in [9.17, 15) is 9.90 Å². The van der Waals surface area contributed by atoms with Gasteiger partial charge >= 0.3 is 0 Å². The fourth-order valence-electron chi connectivity index (χ4n) is 0.901. The summed E-state index contributed by atoms with van der Waals surface area (Å²) in [6.45, 7) is 0.275. The normalized spacial score (nSPS) is 10.2. The smallest absolute Gasteiger partial charge is 0.134 e. The maximum Gasteiger partial charge on any atom is 0.134 e. The van der Waals surface area contributed by atoms with Gasteiger partial charge in [-0.25, -0.2) is 0 Å². The Kier molecular flexibility index (Phi) is 3.57. The first-order chi connectivity index (χ1) is 6.29. The van der Waals surface area contributed by atoms with Gasteiger partial charge in [0.05, 0.1) is 0 Å². The van der Waals surface area contributed by atoms with Crippen molar-refractivity contribution in [3.8, 4) is 0 Å². The molecule has 1 aromatic rings. The van der Waals surface area contributed by atoms with Crippen LogP contribution in [-0.2, 0) is 0 Å². The molecule has 0 radical (unpaired) electrons. The van der Waals surface area contributed by atoms with Crippen LogP contribution in [0.25, 0.3) is 6.08 Å². The molecule has 1 rings (SSSR count). The Balaban J connectivity index is 2.37.